The van der Waals surface area contributed by atoms with Gasteiger partial charge in [0.2, 0.25) is 5.91 Å². The first-order chi connectivity index (χ1) is 21.9. The molecule has 0 spiro atoms. The number of hydrogen-bond donors (Lipinski definition) is 5. The average molecular weight is 640 g/mol. The minimum absolute atomic E-state index is 0.0436. The topological polar surface area (TPSA) is 222 Å². The number of ether oxygens (including phenoxy) is 2. The second-order valence-corrected chi connectivity index (χ2v) is 10.9. The van der Waals surface area contributed by atoms with E-state index in [0.717, 1.165) is 7.11 Å². The van der Waals surface area contributed by atoms with E-state index < -0.39 is 59.9 Å². The second kappa shape index (κ2) is 18.7. The molecule has 0 saturated heterocycles. The molecule has 0 fully saturated rings. The predicted octanol–water partition coefficient (Wildman–Crippen LogP) is 0.615. The third-order valence-electron chi connectivity index (χ3n) is 7.11. The lowest BCUT2D eigenvalue weighted by Crippen LogP contribution is -2.63. The standard InChI is InChI=1S/C32H45N7O7/c1-20(2)26(38-27(40)23(33)16-11-17-36-31(34)35)28(41)39(25(30(43)46-4)19-22-14-9-6-10-15-22)32(44)37-24(29(42)45-3)18-21-12-7-5-8-13-21/h5-10,12-15,20,23-26H,11,16-19,33H2,1-4H3,(H,37,44)(H,38,40)(H4,34,35,36)/t23-,24-,25-,26-/m0/s1. The molecule has 2 aromatic rings. The Morgan fingerprint density at radius 2 is 1.37 bits per heavy atom. The maximum absolute atomic E-state index is 14.3. The maximum atomic E-state index is 14.3. The number of benzene rings is 2. The molecule has 4 amide bonds. The Balaban J connectivity index is 2.48. The van der Waals surface area contributed by atoms with Crippen LogP contribution in [-0.2, 0) is 41.5 Å². The molecule has 0 saturated carbocycles. The maximum Gasteiger partial charge on any atom is 0.329 e. The normalized spacial score (nSPS) is 13.3. The summed E-state index contributed by atoms with van der Waals surface area (Å²) in [6.45, 7) is 3.59. The number of carbonyl (C=O) groups excluding carboxylic acids is 5. The predicted molar refractivity (Wildman–Crippen MR) is 172 cm³/mol. The van der Waals surface area contributed by atoms with Gasteiger partial charge in [0.25, 0.3) is 5.91 Å². The minimum Gasteiger partial charge on any atom is -0.467 e. The first-order valence-corrected chi connectivity index (χ1v) is 14.9. The number of methoxy groups -OCH3 is 2. The molecule has 0 heterocycles. The number of carbonyl (C=O) groups is 5. The van der Waals surface area contributed by atoms with Gasteiger partial charge >= 0.3 is 18.0 Å². The zero-order valence-electron chi connectivity index (χ0n) is 26.7. The Hall–Kier alpha value is -4.98. The summed E-state index contributed by atoms with van der Waals surface area (Å²) in [5.74, 6) is -3.82. The summed E-state index contributed by atoms with van der Waals surface area (Å²) in [5, 5.41) is 5.21. The van der Waals surface area contributed by atoms with Crippen LogP contribution in [0, 0.1) is 5.92 Å². The van der Waals surface area contributed by atoms with E-state index in [2.05, 4.69) is 15.6 Å². The summed E-state index contributed by atoms with van der Waals surface area (Å²) in [7, 11) is 2.31. The summed E-state index contributed by atoms with van der Waals surface area (Å²) >= 11 is 0. The number of nitrogens with zero attached hydrogens (tertiary/aromatic N) is 2. The number of hydrogen-bond acceptors (Lipinski definition) is 9. The number of rotatable bonds is 16. The van der Waals surface area contributed by atoms with Crippen LogP contribution in [0.3, 0.4) is 0 Å². The SMILES string of the molecule is COC(=O)[C@H](Cc1ccccc1)NC(=O)N(C(=O)[C@@H](NC(=O)[C@@H](N)CCCN=C(N)N)C(C)C)[C@@H](Cc1ccccc1)C(=O)OC. The van der Waals surface area contributed by atoms with Crippen LogP contribution in [0.1, 0.15) is 37.8 Å². The average Bonchev–Trinajstić information content (AvgIpc) is 3.04. The summed E-state index contributed by atoms with van der Waals surface area (Å²) in [5.41, 5.74) is 18.1. The highest BCUT2D eigenvalue weighted by Crippen LogP contribution is 2.17. The van der Waals surface area contributed by atoms with Crippen molar-refractivity contribution < 1.29 is 33.4 Å². The van der Waals surface area contributed by atoms with Crippen LogP contribution < -0.4 is 27.8 Å². The number of nitrogens with two attached hydrogens (primary N) is 3. The van der Waals surface area contributed by atoms with Crippen molar-refractivity contribution in [2.75, 3.05) is 20.8 Å². The molecule has 2 aromatic carbocycles. The quantitative estimate of drug-likeness (QED) is 0.0745. The molecular weight excluding hydrogens is 594 g/mol. The van der Waals surface area contributed by atoms with E-state index in [1.54, 1.807) is 74.5 Å². The molecule has 46 heavy (non-hydrogen) atoms. The van der Waals surface area contributed by atoms with Crippen molar-refractivity contribution >= 4 is 35.7 Å². The zero-order chi connectivity index (χ0) is 34.2. The van der Waals surface area contributed by atoms with Gasteiger partial charge < -0.3 is 37.3 Å². The molecular formula is C32H45N7O7. The smallest absolute Gasteiger partial charge is 0.329 e. The van der Waals surface area contributed by atoms with E-state index in [9.17, 15) is 24.0 Å². The molecule has 0 radical (unpaired) electrons. The van der Waals surface area contributed by atoms with Crippen LogP contribution in [0.4, 0.5) is 4.79 Å². The van der Waals surface area contributed by atoms with Crippen LogP contribution in [0.25, 0.3) is 0 Å². The van der Waals surface area contributed by atoms with Crippen molar-refractivity contribution in [2.45, 2.75) is 63.7 Å². The number of aliphatic imine (C=N–C) groups is 1. The van der Waals surface area contributed by atoms with Gasteiger partial charge in [-0.3, -0.25) is 14.6 Å². The number of imide groups is 1. The van der Waals surface area contributed by atoms with Crippen molar-refractivity contribution in [3.8, 4) is 0 Å². The molecule has 8 N–H and O–H groups in total. The van der Waals surface area contributed by atoms with Crippen molar-refractivity contribution in [3.05, 3.63) is 71.8 Å². The molecule has 4 atom stereocenters. The number of guanidine groups is 1. The second-order valence-electron chi connectivity index (χ2n) is 10.9. The Labute approximate surface area is 269 Å². The van der Waals surface area contributed by atoms with Crippen LogP contribution >= 0.6 is 0 Å². The molecule has 2 rings (SSSR count). The summed E-state index contributed by atoms with van der Waals surface area (Å²) in [6.07, 6.45) is 0.559. The highest BCUT2D eigenvalue weighted by Gasteiger charge is 2.42. The molecule has 0 aliphatic rings. The highest BCUT2D eigenvalue weighted by molar-refractivity contribution is 6.03. The lowest BCUT2D eigenvalue weighted by molar-refractivity contribution is -0.151. The van der Waals surface area contributed by atoms with Crippen LogP contribution in [0.2, 0.25) is 0 Å². The van der Waals surface area contributed by atoms with Crippen LogP contribution in [-0.4, -0.2) is 85.6 Å². The van der Waals surface area contributed by atoms with Crippen molar-refractivity contribution in [2.24, 2.45) is 28.1 Å². The van der Waals surface area contributed by atoms with Crippen molar-refractivity contribution in [1.82, 2.24) is 15.5 Å². The zero-order valence-corrected chi connectivity index (χ0v) is 26.7. The first-order valence-electron chi connectivity index (χ1n) is 14.9. The molecule has 0 aliphatic heterocycles. The molecule has 14 nitrogen and oxygen atoms in total. The molecule has 0 bridgehead atoms. The lowest BCUT2D eigenvalue weighted by Gasteiger charge is -2.34. The third kappa shape index (κ3) is 11.5. The van der Waals surface area contributed by atoms with Crippen LogP contribution in [0.15, 0.2) is 65.7 Å². The molecule has 14 heteroatoms. The number of urea groups is 1. The lowest BCUT2D eigenvalue weighted by atomic mass is 9.98. The monoisotopic (exact) mass is 639 g/mol. The first kappa shape index (κ1) is 37.2. The fraction of sp³-hybridized carbons (Fsp3) is 0.438. The van der Waals surface area contributed by atoms with E-state index in [-0.39, 0.29) is 31.8 Å². The summed E-state index contributed by atoms with van der Waals surface area (Å²) in [4.78, 5) is 72.0. The van der Waals surface area contributed by atoms with E-state index in [1.807, 2.05) is 0 Å². The largest absolute Gasteiger partial charge is 0.467 e. The van der Waals surface area contributed by atoms with Gasteiger partial charge in [0.1, 0.15) is 18.1 Å². The van der Waals surface area contributed by atoms with Gasteiger partial charge in [-0.05, 0) is 29.9 Å². The van der Waals surface area contributed by atoms with E-state index in [4.69, 9.17) is 26.7 Å². The summed E-state index contributed by atoms with van der Waals surface area (Å²) < 4.78 is 9.95. The Morgan fingerprint density at radius 3 is 1.87 bits per heavy atom. The fourth-order valence-electron chi connectivity index (χ4n) is 4.63. The van der Waals surface area contributed by atoms with E-state index >= 15 is 0 Å². The van der Waals surface area contributed by atoms with E-state index in [1.165, 1.54) is 7.11 Å². The third-order valence-corrected chi connectivity index (χ3v) is 7.11. The Morgan fingerprint density at radius 1 is 0.826 bits per heavy atom. The summed E-state index contributed by atoms with van der Waals surface area (Å²) in [6, 6.07) is 11.6. The van der Waals surface area contributed by atoms with Crippen LogP contribution in [0.5, 0.6) is 0 Å². The molecule has 0 unspecified atom stereocenters. The molecule has 0 aliphatic carbocycles. The van der Waals surface area contributed by atoms with Crippen molar-refractivity contribution in [3.63, 3.8) is 0 Å². The van der Waals surface area contributed by atoms with Gasteiger partial charge in [-0.1, -0.05) is 74.5 Å². The van der Waals surface area contributed by atoms with Gasteiger partial charge in [0.15, 0.2) is 5.96 Å². The molecule has 250 valence electrons. The highest BCUT2D eigenvalue weighted by atomic mass is 16.5. The Bertz CT molecular complexity index is 1330. The van der Waals surface area contributed by atoms with Gasteiger partial charge in [0, 0.05) is 19.4 Å². The number of nitrogens with one attached hydrogen (secondary N) is 2. The Kier molecular flexibility index (Phi) is 15.2. The number of esters is 2. The van der Waals surface area contributed by atoms with E-state index in [0.29, 0.717) is 22.4 Å². The minimum atomic E-state index is -1.46. The van der Waals surface area contributed by atoms with Crippen molar-refractivity contribution in [1.29, 1.82) is 0 Å². The number of amides is 4. The van der Waals surface area contributed by atoms with Gasteiger partial charge in [-0.2, -0.15) is 0 Å². The van der Waals surface area contributed by atoms with Gasteiger partial charge in [0.05, 0.1) is 20.3 Å². The molecule has 0 aromatic heterocycles. The fourth-order valence-corrected chi connectivity index (χ4v) is 4.63. The van der Waals surface area contributed by atoms with Gasteiger partial charge in [-0.15, -0.1) is 0 Å². The van der Waals surface area contributed by atoms with Gasteiger partial charge in [-0.25, -0.2) is 19.3 Å².